The maximum absolute atomic E-state index is 10.3. The first-order valence-corrected chi connectivity index (χ1v) is 9.00. The van der Waals surface area contributed by atoms with Gasteiger partial charge in [0.25, 0.3) is 0 Å². The quantitative estimate of drug-likeness (QED) is 0.796. The number of benzene rings is 1. The molecule has 0 aliphatic carbocycles. The molecule has 1 fully saturated rings. The SMILES string of the molecule is [B]CCc1ccc(OC2CN(CC3=CN(C)CCN3C)C2)c(C)c1O. The topological polar surface area (TPSA) is 39.2 Å². The highest BCUT2D eigenvalue weighted by Crippen LogP contribution is 2.32. The normalized spacial score (nSPS) is 18.9. The van der Waals surface area contributed by atoms with Crippen LogP contribution in [0.3, 0.4) is 0 Å². The lowest BCUT2D eigenvalue weighted by atomic mass is 9.95. The van der Waals surface area contributed by atoms with E-state index in [2.05, 4.69) is 35.0 Å². The average Bonchev–Trinajstić information content (AvgIpc) is 2.55. The lowest BCUT2D eigenvalue weighted by Gasteiger charge is -2.42. The molecule has 0 unspecified atom stereocenters. The molecule has 0 atom stereocenters. The Labute approximate surface area is 152 Å². The predicted molar refractivity (Wildman–Crippen MR) is 101 cm³/mol. The van der Waals surface area contributed by atoms with Gasteiger partial charge in [0.1, 0.15) is 17.6 Å². The number of ether oxygens (including phenoxy) is 1. The van der Waals surface area contributed by atoms with Crippen molar-refractivity contribution in [2.75, 3.05) is 46.8 Å². The first-order valence-electron chi connectivity index (χ1n) is 9.00. The minimum atomic E-state index is 0.186. The number of aromatic hydroxyl groups is 1. The molecule has 0 bridgehead atoms. The van der Waals surface area contributed by atoms with Crippen molar-refractivity contribution in [2.24, 2.45) is 0 Å². The Balaban J connectivity index is 1.53. The Kier molecular flexibility index (Phi) is 5.47. The molecule has 2 radical (unpaired) electrons. The molecule has 2 aliphatic rings. The van der Waals surface area contributed by atoms with Gasteiger partial charge in [0.05, 0.1) is 7.85 Å². The van der Waals surface area contributed by atoms with E-state index in [1.165, 1.54) is 5.70 Å². The van der Waals surface area contributed by atoms with Crippen LogP contribution in [0.2, 0.25) is 6.32 Å². The number of nitrogens with zero attached hydrogens (tertiary/aromatic N) is 3. The smallest absolute Gasteiger partial charge is 0.126 e. The number of aryl methyl sites for hydroxylation is 1. The molecular weight excluding hydrogens is 313 g/mol. The molecule has 1 saturated heterocycles. The highest BCUT2D eigenvalue weighted by atomic mass is 16.5. The summed E-state index contributed by atoms with van der Waals surface area (Å²) in [5, 5.41) is 10.3. The molecule has 0 amide bonds. The van der Waals surface area contributed by atoms with Crippen molar-refractivity contribution >= 4 is 7.85 Å². The third-order valence-corrected chi connectivity index (χ3v) is 5.13. The number of phenols is 1. The molecule has 1 aromatic rings. The van der Waals surface area contributed by atoms with Crippen molar-refractivity contribution < 1.29 is 9.84 Å². The lowest BCUT2D eigenvalue weighted by Crippen LogP contribution is -2.55. The molecule has 2 heterocycles. The fourth-order valence-electron chi connectivity index (χ4n) is 3.39. The lowest BCUT2D eigenvalue weighted by molar-refractivity contribution is 0.0210. The second-order valence-corrected chi connectivity index (χ2v) is 7.19. The van der Waals surface area contributed by atoms with Crippen LogP contribution in [-0.4, -0.2) is 80.6 Å². The number of hydrogen-bond acceptors (Lipinski definition) is 5. The maximum Gasteiger partial charge on any atom is 0.126 e. The van der Waals surface area contributed by atoms with E-state index < -0.39 is 0 Å². The molecule has 3 rings (SSSR count). The van der Waals surface area contributed by atoms with Crippen molar-refractivity contribution in [1.82, 2.24) is 14.7 Å². The monoisotopic (exact) mass is 341 g/mol. The summed E-state index contributed by atoms with van der Waals surface area (Å²) in [5.74, 6) is 1.09. The summed E-state index contributed by atoms with van der Waals surface area (Å²) in [5.41, 5.74) is 3.05. The van der Waals surface area contributed by atoms with E-state index >= 15 is 0 Å². The summed E-state index contributed by atoms with van der Waals surface area (Å²) in [4.78, 5) is 6.97. The van der Waals surface area contributed by atoms with Crippen molar-refractivity contribution in [1.29, 1.82) is 0 Å². The average molecular weight is 341 g/mol. The summed E-state index contributed by atoms with van der Waals surface area (Å²) < 4.78 is 6.09. The van der Waals surface area contributed by atoms with Gasteiger partial charge in [-0.2, -0.15) is 0 Å². The zero-order valence-corrected chi connectivity index (χ0v) is 15.5. The van der Waals surface area contributed by atoms with Crippen LogP contribution in [0.1, 0.15) is 11.1 Å². The van der Waals surface area contributed by atoms with Gasteiger partial charge < -0.3 is 19.6 Å². The Hall–Kier alpha value is -1.82. The van der Waals surface area contributed by atoms with Crippen molar-refractivity contribution in [3.8, 4) is 11.5 Å². The zero-order valence-electron chi connectivity index (χ0n) is 15.5. The molecular formula is C19H28BN3O2. The Morgan fingerprint density at radius 2 is 2.00 bits per heavy atom. The van der Waals surface area contributed by atoms with E-state index in [4.69, 9.17) is 12.6 Å². The first kappa shape index (κ1) is 18.0. The highest BCUT2D eigenvalue weighted by Gasteiger charge is 2.30. The van der Waals surface area contributed by atoms with Gasteiger partial charge >= 0.3 is 0 Å². The van der Waals surface area contributed by atoms with Crippen LogP contribution >= 0.6 is 0 Å². The van der Waals surface area contributed by atoms with Crippen molar-refractivity contribution in [3.63, 3.8) is 0 Å². The zero-order chi connectivity index (χ0) is 18.0. The van der Waals surface area contributed by atoms with Crippen LogP contribution in [0.5, 0.6) is 11.5 Å². The Morgan fingerprint density at radius 3 is 2.72 bits per heavy atom. The summed E-state index contributed by atoms with van der Waals surface area (Å²) in [6.45, 7) is 6.84. The van der Waals surface area contributed by atoms with Crippen LogP contribution in [0.25, 0.3) is 0 Å². The second-order valence-electron chi connectivity index (χ2n) is 7.19. The summed E-state index contributed by atoms with van der Waals surface area (Å²) in [7, 11) is 9.86. The van der Waals surface area contributed by atoms with Crippen LogP contribution in [-0.2, 0) is 6.42 Å². The molecule has 1 aromatic carbocycles. The Bertz CT molecular complexity index is 644. The summed E-state index contributed by atoms with van der Waals surface area (Å²) in [6, 6.07) is 3.87. The van der Waals surface area contributed by atoms with E-state index in [9.17, 15) is 5.11 Å². The first-order chi connectivity index (χ1) is 12.0. The van der Waals surface area contributed by atoms with Crippen molar-refractivity contribution in [3.05, 3.63) is 35.2 Å². The molecule has 0 spiro atoms. The van der Waals surface area contributed by atoms with Gasteiger partial charge in [0, 0.05) is 64.3 Å². The predicted octanol–water partition coefficient (Wildman–Crippen LogP) is 1.61. The standard InChI is InChI=1S/C19H28BN3O2/c1-14-18(5-4-15(6-7-20)19(14)24)25-17-12-23(13-17)11-16-10-21(2)8-9-22(16)3/h4-5,10,17,24H,6-9,11-13H2,1-3H3. The summed E-state index contributed by atoms with van der Waals surface area (Å²) in [6.07, 6.45) is 3.63. The van der Waals surface area contributed by atoms with E-state index in [0.29, 0.717) is 18.5 Å². The van der Waals surface area contributed by atoms with Gasteiger partial charge in [-0.1, -0.05) is 12.4 Å². The van der Waals surface area contributed by atoms with Crippen LogP contribution in [0.15, 0.2) is 24.0 Å². The van der Waals surface area contributed by atoms with E-state index in [0.717, 1.165) is 49.6 Å². The van der Waals surface area contributed by atoms with E-state index in [1.54, 1.807) is 0 Å². The van der Waals surface area contributed by atoms with Gasteiger partial charge in [-0.05, 0) is 25.0 Å². The third-order valence-electron chi connectivity index (χ3n) is 5.13. The maximum atomic E-state index is 10.3. The third kappa shape index (κ3) is 4.06. The number of hydrogen-bond donors (Lipinski definition) is 1. The molecule has 134 valence electrons. The molecule has 25 heavy (non-hydrogen) atoms. The Morgan fingerprint density at radius 1 is 1.24 bits per heavy atom. The molecule has 6 heteroatoms. The number of likely N-dealkylation sites (tertiary alicyclic amines) is 1. The number of rotatable bonds is 6. The number of phenolic OH excluding ortho intramolecular Hbond substituents is 1. The number of likely N-dealkylation sites (N-methyl/N-ethyl adjacent to an activating group) is 2. The second kappa shape index (κ2) is 7.60. The highest BCUT2D eigenvalue weighted by molar-refractivity contribution is 6.08. The minimum Gasteiger partial charge on any atom is -0.507 e. The fourth-order valence-corrected chi connectivity index (χ4v) is 3.39. The molecule has 0 aromatic heterocycles. The van der Waals surface area contributed by atoms with E-state index in [-0.39, 0.29) is 6.10 Å². The van der Waals surface area contributed by atoms with Gasteiger partial charge in [-0.25, -0.2) is 0 Å². The van der Waals surface area contributed by atoms with Crippen LogP contribution < -0.4 is 4.74 Å². The van der Waals surface area contributed by atoms with E-state index in [1.807, 2.05) is 19.1 Å². The van der Waals surface area contributed by atoms with Gasteiger partial charge in [0.15, 0.2) is 0 Å². The minimum absolute atomic E-state index is 0.186. The van der Waals surface area contributed by atoms with Gasteiger partial charge in [0.2, 0.25) is 0 Å². The molecule has 1 N–H and O–H groups in total. The fraction of sp³-hybridized carbons (Fsp3) is 0.579. The largest absolute Gasteiger partial charge is 0.507 e. The molecule has 2 aliphatic heterocycles. The van der Waals surface area contributed by atoms with Gasteiger partial charge in [-0.3, -0.25) is 4.90 Å². The van der Waals surface area contributed by atoms with Gasteiger partial charge in [-0.15, -0.1) is 0 Å². The molecule has 0 saturated carbocycles. The molecule has 5 nitrogen and oxygen atoms in total. The van der Waals surface area contributed by atoms with Crippen LogP contribution in [0, 0.1) is 6.92 Å². The summed E-state index contributed by atoms with van der Waals surface area (Å²) >= 11 is 0. The van der Waals surface area contributed by atoms with Crippen LogP contribution in [0.4, 0.5) is 0 Å². The van der Waals surface area contributed by atoms with Crippen molar-refractivity contribution in [2.45, 2.75) is 25.8 Å².